The number of nitrogens with one attached hydrogen (secondary N) is 1. The first-order chi connectivity index (χ1) is 10.1. The van der Waals surface area contributed by atoms with Crippen LogP contribution < -0.4 is 5.43 Å². The molecule has 0 aliphatic rings. The third-order valence-corrected chi connectivity index (χ3v) is 3.58. The van der Waals surface area contributed by atoms with Gasteiger partial charge in [-0.15, -0.1) is 11.3 Å². The Morgan fingerprint density at radius 2 is 2.43 bits per heavy atom. The van der Waals surface area contributed by atoms with Gasteiger partial charge in [-0.05, 0) is 12.1 Å². The molecule has 0 unspecified atom stereocenters. The maximum absolute atomic E-state index is 13.5. The van der Waals surface area contributed by atoms with Crippen LogP contribution in [0.4, 0.5) is 9.52 Å². The maximum Gasteiger partial charge on any atom is 0.311 e. The van der Waals surface area contributed by atoms with Gasteiger partial charge in [-0.2, -0.15) is 5.10 Å². The third kappa shape index (κ3) is 4.24. The number of ether oxygens (including phenoxy) is 1. The first kappa shape index (κ1) is 15.4. The lowest BCUT2D eigenvalue weighted by Crippen LogP contribution is -2.04. The molecule has 0 spiro atoms. The number of benzene rings is 1. The number of aromatic nitrogens is 1. The fourth-order valence-electron chi connectivity index (χ4n) is 1.45. The number of hydrazone groups is 1. The van der Waals surface area contributed by atoms with Crippen molar-refractivity contribution in [3.63, 3.8) is 0 Å². The van der Waals surface area contributed by atoms with Crippen molar-refractivity contribution in [2.75, 3.05) is 12.5 Å². The highest BCUT2D eigenvalue weighted by molar-refractivity contribution is 7.13. The van der Waals surface area contributed by atoms with Crippen LogP contribution in [-0.2, 0) is 16.0 Å². The van der Waals surface area contributed by atoms with Gasteiger partial charge in [-0.1, -0.05) is 17.7 Å². The number of thiazole rings is 1. The highest BCUT2D eigenvalue weighted by Gasteiger charge is 2.07. The monoisotopic (exact) mass is 327 g/mol. The molecule has 8 heteroatoms. The highest BCUT2D eigenvalue weighted by atomic mass is 35.5. The van der Waals surface area contributed by atoms with E-state index in [9.17, 15) is 9.18 Å². The zero-order chi connectivity index (χ0) is 15.2. The van der Waals surface area contributed by atoms with Gasteiger partial charge in [0, 0.05) is 10.9 Å². The van der Waals surface area contributed by atoms with Crippen LogP contribution in [0.3, 0.4) is 0 Å². The van der Waals surface area contributed by atoms with Crippen molar-refractivity contribution in [3.8, 4) is 0 Å². The Hall–Kier alpha value is -1.99. The zero-order valence-corrected chi connectivity index (χ0v) is 12.5. The summed E-state index contributed by atoms with van der Waals surface area (Å²) in [7, 11) is 1.32. The minimum absolute atomic E-state index is 0.0948. The normalized spacial score (nSPS) is 10.8. The third-order valence-electron chi connectivity index (χ3n) is 2.46. The van der Waals surface area contributed by atoms with E-state index in [1.54, 1.807) is 11.4 Å². The molecule has 110 valence electrons. The summed E-state index contributed by atoms with van der Waals surface area (Å²) >= 11 is 7.14. The van der Waals surface area contributed by atoms with E-state index in [-0.39, 0.29) is 23.0 Å². The Kier molecular flexibility index (Phi) is 5.24. The van der Waals surface area contributed by atoms with Crippen molar-refractivity contribution < 1.29 is 13.9 Å². The van der Waals surface area contributed by atoms with Crippen molar-refractivity contribution in [2.45, 2.75) is 6.42 Å². The van der Waals surface area contributed by atoms with E-state index in [0.717, 1.165) is 0 Å². The summed E-state index contributed by atoms with van der Waals surface area (Å²) in [5.41, 5.74) is 3.43. The molecule has 0 saturated heterocycles. The van der Waals surface area contributed by atoms with Crippen molar-refractivity contribution in [1.82, 2.24) is 4.98 Å². The Bertz CT molecular complexity index is 655. The molecule has 0 atom stereocenters. The van der Waals surface area contributed by atoms with Crippen LogP contribution in [0.1, 0.15) is 11.3 Å². The standard InChI is InChI=1S/C13H11ClFN3O2S/c1-20-12(19)5-8-7-21-13(17-8)18-16-6-9-10(14)3-2-4-11(9)15/h2-4,6-7H,5H2,1H3,(H,17,18)/b16-6-. The summed E-state index contributed by atoms with van der Waals surface area (Å²) in [6.45, 7) is 0. The first-order valence-electron chi connectivity index (χ1n) is 5.84. The Balaban J connectivity index is 2.00. The minimum atomic E-state index is -0.460. The predicted octanol–water partition coefficient (Wildman–Crippen LogP) is 3.10. The number of methoxy groups -OCH3 is 1. The smallest absolute Gasteiger partial charge is 0.311 e. The number of nitrogens with zero attached hydrogens (tertiary/aromatic N) is 2. The molecule has 2 aromatic rings. The molecule has 1 aromatic heterocycles. The van der Waals surface area contributed by atoms with E-state index in [4.69, 9.17) is 11.6 Å². The van der Waals surface area contributed by atoms with Gasteiger partial charge in [0.05, 0.1) is 30.5 Å². The summed E-state index contributed by atoms with van der Waals surface area (Å²) in [6.07, 6.45) is 1.37. The number of halogens is 2. The van der Waals surface area contributed by atoms with Gasteiger partial charge in [-0.3, -0.25) is 10.2 Å². The maximum atomic E-state index is 13.5. The number of rotatable bonds is 5. The average molecular weight is 328 g/mol. The fourth-order valence-corrected chi connectivity index (χ4v) is 2.32. The van der Waals surface area contributed by atoms with Crippen LogP contribution in [0.2, 0.25) is 5.02 Å². The zero-order valence-electron chi connectivity index (χ0n) is 11.0. The molecule has 0 aliphatic carbocycles. The number of carbonyl (C=O) groups excluding carboxylic acids is 1. The molecule has 21 heavy (non-hydrogen) atoms. The molecule has 1 heterocycles. The average Bonchev–Trinajstić information content (AvgIpc) is 2.89. The van der Waals surface area contributed by atoms with Crippen LogP contribution in [-0.4, -0.2) is 24.3 Å². The first-order valence-corrected chi connectivity index (χ1v) is 7.10. The second-order valence-corrected chi connectivity index (χ2v) is 5.17. The lowest BCUT2D eigenvalue weighted by Gasteiger charge is -1.99. The molecular formula is C13H11ClFN3O2S. The van der Waals surface area contributed by atoms with E-state index in [1.165, 1.54) is 36.8 Å². The van der Waals surface area contributed by atoms with Gasteiger partial charge in [0.15, 0.2) is 0 Å². The topological polar surface area (TPSA) is 63.6 Å². The van der Waals surface area contributed by atoms with Gasteiger partial charge in [0.25, 0.3) is 0 Å². The summed E-state index contributed by atoms with van der Waals surface area (Å²) in [5.74, 6) is -0.827. The SMILES string of the molecule is COC(=O)Cc1csc(N/N=C\c2c(F)cccc2Cl)n1. The highest BCUT2D eigenvalue weighted by Crippen LogP contribution is 2.18. The van der Waals surface area contributed by atoms with Gasteiger partial charge < -0.3 is 4.74 Å². The molecule has 0 bridgehead atoms. The molecule has 0 radical (unpaired) electrons. The second-order valence-electron chi connectivity index (χ2n) is 3.90. The van der Waals surface area contributed by atoms with Crippen molar-refractivity contribution in [1.29, 1.82) is 0 Å². The van der Waals surface area contributed by atoms with Crippen LogP contribution in [0.5, 0.6) is 0 Å². The van der Waals surface area contributed by atoms with E-state index < -0.39 is 5.82 Å². The summed E-state index contributed by atoms with van der Waals surface area (Å²) in [6, 6.07) is 4.39. The van der Waals surface area contributed by atoms with Gasteiger partial charge in [0.1, 0.15) is 5.82 Å². The molecule has 5 nitrogen and oxygen atoms in total. The second kappa shape index (κ2) is 7.14. The number of hydrogen-bond donors (Lipinski definition) is 1. The Labute approximate surface area is 129 Å². The quantitative estimate of drug-likeness (QED) is 0.520. The minimum Gasteiger partial charge on any atom is -0.469 e. The van der Waals surface area contributed by atoms with Crippen LogP contribution in [0.15, 0.2) is 28.7 Å². The van der Waals surface area contributed by atoms with Crippen molar-refractivity contribution >= 4 is 40.3 Å². The predicted molar refractivity (Wildman–Crippen MR) is 80.5 cm³/mol. The Morgan fingerprint density at radius 1 is 1.62 bits per heavy atom. The molecule has 0 saturated carbocycles. The lowest BCUT2D eigenvalue weighted by atomic mass is 10.2. The van der Waals surface area contributed by atoms with Crippen molar-refractivity contribution in [3.05, 3.63) is 45.7 Å². The van der Waals surface area contributed by atoms with E-state index in [1.807, 2.05) is 0 Å². The molecule has 2 rings (SSSR count). The van der Waals surface area contributed by atoms with Crippen molar-refractivity contribution in [2.24, 2.45) is 5.10 Å². The number of hydrogen-bond acceptors (Lipinski definition) is 6. The largest absolute Gasteiger partial charge is 0.469 e. The Morgan fingerprint density at radius 3 is 3.14 bits per heavy atom. The molecule has 1 N–H and O–H groups in total. The number of carbonyl (C=O) groups is 1. The van der Waals surface area contributed by atoms with Crippen LogP contribution in [0, 0.1) is 5.82 Å². The molecule has 0 aliphatic heterocycles. The molecule has 0 fully saturated rings. The summed E-state index contributed by atoms with van der Waals surface area (Å²) in [4.78, 5) is 15.2. The molecular weight excluding hydrogens is 317 g/mol. The summed E-state index contributed by atoms with van der Waals surface area (Å²) in [5, 5.41) is 6.35. The number of anilines is 1. The van der Waals surface area contributed by atoms with Crippen LogP contribution >= 0.6 is 22.9 Å². The van der Waals surface area contributed by atoms with E-state index >= 15 is 0 Å². The molecule has 1 aromatic carbocycles. The number of esters is 1. The van der Waals surface area contributed by atoms with Gasteiger partial charge in [0.2, 0.25) is 5.13 Å². The van der Waals surface area contributed by atoms with Gasteiger partial charge >= 0.3 is 5.97 Å². The van der Waals surface area contributed by atoms with E-state index in [0.29, 0.717) is 10.8 Å². The lowest BCUT2D eigenvalue weighted by molar-refractivity contribution is -0.139. The van der Waals surface area contributed by atoms with E-state index in [2.05, 4.69) is 20.2 Å². The van der Waals surface area contributed by atoms with Crippen LogP contribution in [0.25, 0.3) is 0 Å². The van der Waals surface area contributed by atoms with Gasteiger partial charge in [-0.25, -0.2) is 9.37 Å². The fraction of sp³-hybridized carbons (Fsp3) is 0.154. The summed E-state index contributed by atoms with van der Waals surface area (Å²) < 4.78 is 18.0. The molecule has 0 amide bonds.